The number of ether oxygens (including phenoxy) is 1. The van der Waals surface area contributed by atoms with Gasteiger partial charge in [-0.1, -0.05) is 30.3 Å². The summed E-state index contributed by atoms with van der Waals surface area (Å²) in [6.07, 6.45) is 0.955. The summed E-state index contributed by atoms with van der Waals surface area (Å²) in [5.74, 6) is 1.38. The van der Waals surface area contributed by atoms with Gasteiger partial charge in [0.25, 0.3) is 5.91 Å². The Morgan fingerprint density at radius 3 is 2.63 bits per heavy atom. The van der Waals surface area contributed by atoms with Gasteiger partial charge in [-0.2, -0.15) is 0 Å². The second kappa shape index (κ2) is 7.66. The molecule has 0 N–H and O–H groups in total. The number of rotatable bonds is 5. The van der Waals surface area contributed by atoms with Crippen LogP contribution in [0, 0.1) is 5.82 Å². The van der Waals surface area contributed by atoms with E-state index in [0.29, 0.717) is 29.7 Å². The van der Waals surface area contributed by atoms with Gasteiger partial charge in [0, 0.05) is 19.0 Å². The van der Waals surface area contributed by atoms with Crippen LogP contribution in [0.5, 0.6) is 5.75 Å². The third-order valence-electron chi connectivity index (χ3n) is 4.81. The van der Waals surface area contributed by atoms with Crippen molar-refractivity contribution in [3.63, 3.8) is 0 Å². The summed E-state index contributed by atoms with van der Waals surface area (Å²) in [6.45, 7) is 1.61. The molecule has 0 radical (unpaired) electrons. The SMILES string of the molecule is O=C(c1ccc(COc2ccc(F)cc2)o1)N1CC[C@H](c2ccccc2)C1. The molecule has 138 valence electrons. The highest BCUT2D eigenvalue weighted by Gasteiger charge is 2.29. The molecule has 1 saturated heterocycles. The van der Waals surface area contributed by atoms with E-state index in [9.17, 15) is 9.18 Å². The minimum atomic E-state index is -0.312. The van der Waals surface area contributed by atoms with E-state index >= 15 is 0 Å². The van der Waals surface area contributed by atoms with Crippen molar-refractivity contribution >= 4 is 5.91 Å². The lowest BCUT2D eigenvalue weighted by Crippen LogP contribution is -2.28. The Labute approximate surface area is 157 Å². The second-order valence-electron chi connectivity index (χ2n) is 6.66. The van der Waals surface area contributed by atoms with E-state index in [-0.39, 0.29) is 18.3 Å². The monoisotopic (exact) mass is 365 g/mol. The number of benzene rings is 2. The average Bonchev–Trinajstić information content (AvgIpc) is 3.38. The molecular formula is C22H20FNO3. The van der Waals surface area contributed by atoms with Gasteiger partial charge in [0.15, 0.2) is 5.76 Å². The summed E-state index contributed by atoms with van der Waals surface area (Å²) >= 11 is 0. The van der Waals surface area contributed by atoms with Crippen LogP contribution >= 0.6 is 0 Å². The van der Waals surface area contributed by atoms with Crippen LogP contribution in [0.25, 0.3) is 0 Å². The first-order valence-electron chi connectivity index (χ1n) is 9.00. The van der Waals surface area contributed by atoms with Crippen LogP contribution < -0.4 is 4.74 Å². The quantitative estimate of drug-likeness (QED) is 0.662. The average molecular weight is 365 g/mol. The zero-order valence-corrected chi connectivity index (χ0v) is 14.8. The Hall–Kier alpha value is -3.08. The number of halogens is 1. The largest absolute Gasteiger partial charge is 0.486 e. The zero-order chi connectivity index (χ0) is 18.6. The molecular weight excluding hydrogens is 345 g/mol. The van der Waals surface area contributed by atoms with Gasteiger partial charge in [0.05, 0.1) is 0 Å². The van der Waals surface area contributed by atoms with E-state index in [0.717, 1.165) is 13.0 Å². The molecule has 0 aliphatic carbocycles. The lowest BCUT2D eigenvalue weighted by molar-refractivity contribution is 0.0755. The van der Waals surface area contributed by atoms with Gasteiger partial charge in [-0.15, -0.1) is 0 Å². The molecule has 2 aromatic carbocycles. The first-order chi connectivity index (χ1) is 13.2. The normalized spacial score (nSPS) is 16.5. The van der Waals surface area contributed by atoms with Crippen LogP contribution in [0.3, 0.4) is 0 Å². The molecule has 1 aliphatic rings. The van der Waals surface area contributed by atoms with Crippen molar-refractivity contribution in [2.24, 2.45) is 0 Å². The summed E-state index contributed by atoms with van der Waals surface area (Å²) in [6, 6.07) is 19.5. The molecule has 0 spiro atoms. The molecule has 1 atom stereocenters. The lowest BCUT2D eigenvalue weighted by Gasteiger charge is -2.15. The van der Waals surface area contributed by atoms with Crippen LogP contribution in [0.15, 0.2) is 71.1 Å². The fraction of sp³-hybridized carbons (Fsp3) is 0.227. The van der Waals surface area contributed by atoms with Crippen molar-refractivity contribution < 1.29 is 18.3 Å². The van der Waals surface area contributed by atoms with Crippen molar-refractivity contribution in [3.8, 4) is 5.75 Å². The summed E-state index contributed by atoms with van der Waals surface area (Å²) in [5, 5.41) is 0. The molecule has 1 amide bonds. The number of nitrogens with zero attached hydrogens (tertiary/aromatic N) is 1. The van der Waals surface area contributed by atoms with Gasteiger partial charge in [0.1, 0.15) is 23.9 Å². The van der Waals surface area contributed by atoms with Crippen LogP contribution in [0.4, 0.5) is 4.39 Å². The minimum absolute atomic E-state index is 0.0959. The van der Waals surface area contributed by atoms with Gasteiger partial charge in [0.2, 0.25) is 0 Å². The van der Waals surface area contributed by atoms with Gasteiger partial charge >= 0.3 is 0 Å². The van der Waals surface area contributed by atoms with E-state index in [1.54, 1.807) is 24.3 Å². The van der Waals surface area contributed by atoms with Crippen molar-refractivity contribution in [1.82, 2.24) is 4.90 Å². The number of amides is 1. The third kappa shape index (κ3) is 4.03. The van der Waals surface area contributed by atoms with Crippen LogP contribution in [0.2, 0.25) is 0 Å². The number of carbonyl (C=O) groups excluding carboxylic acids is 1. The highest BCUT2D eigenvalue weighted by Crippen LogP contribution is 2.28. The topological polar surface area (TPSA) is 42.7 Å². The Bertz CT molecular complexity index is 905. The minimum Gasteiger partial charge on any atom is -0.486 e. The van der Waals surface area contributed by atoms with Crippen LogP contribution in [-0.4, -0.2) is 23.9 Å². The second-order valence-corrected chi connectivity index (χ2v) is 6.66. The smallest absolute Gasteiger partial charge is 0.289 e. The molecule has 1 fully saturated rings. The maximum atomic E-state index is 12.9. The highest BCUT2D eigenvalue weighted by atomic mass is 19.1. The van der Waals surface area contributed by atoms with Gasteiger partial charge in [-0.05, 0) is 48.4 Å². The summed E-state index contributed by atoms with van der Waals surface area (Å²) in [5.41, 5.74) is 1.26. The Balaban J connectivity index is 1.35. The fourth-order valence-corrected chi connectivity index (χ4v) is 3.35. The first-order valence-corrected chi connectivity index (χ1v) is 9.00. The molecule has 0 saturated carbocycles. The number of hydrogen-bond acceptors (Lipinski definition) is 3. The molecule has 0 unspecified atom stereocenters. The number of furan rings is 1. The number of likely N-dealkylation sites (tertiary alicyclic amines) is 1. The predicted octanol–water partition coefficient (Wildman–Crippen LogP) is 4.63. The van der Waals surface area contributed by atoms with Crippen LogP contribution in [-0.2, 0) is 6.61 Å². The number of hydrogen-bond donors (Lipinski definition) is 0. The van der Waals surface area contributed by atoms with E-state index in [1.807, 2.05) is 23.1 Å². The third-order valence-corrected chi connectivity index (χ3v) is 4.81. The molecule has 0 bridgehead atoms. The van der Waals surface area contributed by atoms with E-state index in [4.69, 9.17) is 9.15 Å². The molecule has 1 aromatic heterocycles. The Morgan fingerprint density at radius 1 is 1.07 bits per heavy atom. The molecule has 4 rings (SSSR count). The van der Waals surface area contributed by atoms with Crippen molar-refractivity contribution in [1.29, 1.82) is 0 Å². The Kier molecular flexibility index (Phi) is 4.92. The standard InChI is InChI=1S/C22H20FNO3/c23-18-6-8-19(9-7-18)26-15-20-10-11-21(27-20)22(25)24-13-12-17(14-24)16-4-2-1-3-5-16/h1-11,17H,12-15H2/t17-/m0/s1. The van der Waals surface area contributed by atoms with Crippen LogP contribution in [0.1, 0.15) is 34.2 Å². The lowest BCUT2D eigenvalue weighted by atomic mass is 9.99. The van der Waals surface area contributed by atoms with E-state index in [1.165, 1.54) is 17.7 Å². The molecule has 1 aliphatic heterocycles. The van der Waals surface area contributed by atoms with E-state index < -0.39 is 0 Å². The van der Waals surface area contributed by atoms with Crippen molar-refractivity contribution in [2.75, 3.05) is 13.1 Å². The molecule has 27 heavy (non-hydrogen) atoms. The fourth-order valence-electron chi connectivity index (χ4n) is 3.35. The summed E-state index contributed by atoms with van der Waals surface area (Å²) < 4.78 is 24.1. The maximum Gasteiger partial charge on any atom is 0.289 e. The molecule has 2 heterocycles. The molecule has 5 heteroatoms. The van der Waals surface area contributed by atoms with Crippen molar-refractivity contribution in [2.45, 2.75) is 18.9 Å². The van der Waals surface area contributed by atoms with Crippen molar-refractivity contribution in [3.05, 3.63) is 89.6 Å². The summed E-state index contributed by atoms with van der Waals surface area (Å²) in [4.78, 5) is 14.5. The first kappa shape index (κ1) is 17.3. The van der Waals surface area contributed by atoms with Gasteiger partial charge < -0.3 is 14.1 Å². The Morgan fingerprint density at radius 2 is 1.85 bits per heavy atom. The predicted molar refractivity (Wildman–Crippen MR) is 99.1 cm³/mol. The summed E-state index contributed by atoms with van der Waals surface area (Å²) in [7, 11) is 0. The van der Waals surface area contributed by atoms with E-state index in [2.05, 4.69) is 12.1 Å². The highest BCUT2D eigenvalue weighted by molar-refractivity contribution is 5.91. The molecule has 4 nitrogen and oxygen atoms in total. The van der Waals surface area contributed by atoms with Gasteiger partial charge in [-0.25, -0.2) is 4.39 Å². The van der Waals surface area contributed by atoms with Gasteiger partial charge in [-0.3, -0.25) is 4.79 Å². The maximum absolute atomic E-state index is 12.9. The zero-order valence-electron chi connectivity index (χ0n) is 14.8. The number of carbonyl (C=O) groups is 1. The molecule has 3 aromatic rings.